The number of rotatable bonds is 7. The summed E-state index contributed by atoms with van der Waals surface area (Å²) in [4.78, 5) is 4.42. The quantitative estimate of drug-likeness (QED) is 0.295. The summed E-state index contributed by atoms with van der Waals surface area (Å²) < 4.78 is 11.5. The first-order chi connectivity index (χ1) is 13.6. The van der Waals surface area contributed by atoms with Crippen LogP contribution in [0.2, 0.25) is 0 Å². The topological polar surface area (TPSA) is 102 Å². The van der Waals surface area contributed by atoms with E-state index in [1.54, 1.807) is 31.7 Å². The molecule has 2 N–H and O–H groups in total. The van der Waals surface area contributed by atoms with E-state index >= 15 is 0 Å². The molecular formula is C19H18IN5O3. The van der Waals surface area contributed by atoms with E-state index in [1.807, 2.05) is 53.8 Å². The zero-order valence-corrected chi connectivity index (χ0v) is 17.4. The number of para-hydroxylation sites is 1. The standard InChI is InChI=1S/C19H18IN5O3/c1-3-28-17-9-12(8-14(20)18(17)26)10-21-24-19-23-15(11-22-25-19)13-6-4-5-7-16(13)27-2/h4-11,26H,3H2,1-2H3,(H,23,24,25)/b21-10+. The number of hydrogen-bond acceptors (Lipinski definition) is 8. The van der Waals surface area contributed by atoms with E-state index < -0.39 is 0 Å². The second-order valence-electron chi connectivity index (χ2n) is 5.52. The third kappa shape index (κ3) is 4.66. The molecule has 0 unspecified atom stereocenters. The third-order valence-electron chi connectivity index (χ3n) is 3.67. The Bertz CT molecular complexity index is 997. The van der Waals surface area contributed by atoms with Gasteiger partial charge in [0.25, 0.3) is 5.95 Å². The number of aromatic nitrogens is 3. The Morgan fingerprint density at radius 1 is 1.25 bits per heavy atom. The van der Waals surface area contributed by atoms with Crippen molar-refractivity contribution in [3.05, 3.63) is 51.7 Å². The van der Waals surface area contributed by atoms with E-state index in [0.29, 0.717) is 27.4 Å². The van der Waals surface area contributed by atoms with Gasteiger partial charge in [0.15, 0.2) is 11.5 Å². The van der Waals surface area contributed by atoms with Crippen LogP contribution in [0.4, 0.5) is 5.95 Å². The van der Waals surface area contributed by atoms with Gasteiger partial charge in [0.2, 0.25) is 0 Å². The van der Waals surface area contributed by atoms with Gasteiger partial charge in [-0.1, -0.05) is 12.1 Å². The summed E-state index contributed by atoms with van der Waals surface area (Å²) >= 11 is 2.04. The van der Waals surface area contributed by atoms with Crippen molar-refractivity contribution in [1.82, 2.24) is 15.2 Å². The van der Waals surface area contributed by atoms with E-state index in [-0.39, 0.29) is 11.7 Å². The SMILES string of the molecule is CCOc1cc(/C=N/Nc2nncc(-c3ccccc3OC)n2)cc(I)c1O. The fourth-order valence-electron chi connectivity index (χ4n) is 2.44. The van der Waals surface area contributed by atoms with Crippen molar-refractivity contribution in [2.75, 3.05) is 19.1 Å². The van der Waals surface area contributed by atoms with Gasteiger partial charge in [0, 0.05) is 5.56 Å². The lowest BCUT2D eigenvalue weighted by atomic mass is 10.1. The highest BCUT2D eigenvalue weighted by molar-refractivity contribution is 14.1. The molecule has 1 aromatic heterocycles. The number of benzene rings is 2. The zero-order chi connectivity index (χ0) is 19.9. The predicted molar refractivity (Wildman–Crippen MR) is 115 cm³/mol. The third-order valence-corrected chi connectivity index (χ3v) is 4.49. The van der Waals surface area contributed by atoms with Gasteiger partial charge in [-0.25, -0.2) is 10.4 Å². The molecular weight excluding hydrogens is 473 g/mol. The van der Waals surface area contributed by atoms with Gasteiger partial charge in [0.1, 0.15) is 5.75 Å². The lowest BCUT2D eigenvalue weighted by Crippen LogP contribution is -2.01. The maximum absolute atomic E-state index is 10.0. The summed E-state index contributed by atoms with van der Waals surface area (Å²) in [6, 6.07) is 11.0. The van der Waals surface area contributed by atoms with Crippen LogP contribution in [0.15, 0.2) is 47.7 Å². The van der Waals surface area contributed by atoms with E-state index in [9.17, 15) is 5.11 Å². The Labute approximate surface area is 175 Å². The van der Waals surface area contributed by atoms with E-state index in [4.69, 9.17) is 9.47 Å². The number of methoxy groups -OCH3 is 1. The molecule has 0 saturated carbocycles. The van der Waals surface area contributed by atoms with E-state index in [2.05, 4.69) is 25.7 Å². The van der Waals surface area contributed by atoms with Crippen LogP contribution in [0.3, 0.4) is 0 Å². The molecule has 28 heavy (non-hydrogen) atoms. The molecule has 1 heterocycles. The molecule has 2 aromatic carbocycles. The Hall–Kier alpha value is -2.95. The van der Waals surface area contributed by atoms with Crippen molar-refractivity contribution in [1.29, 1.82) is 0 Å². The number of nitrogens with one attached hydrogen (secondary N) is 1. The minimum atomic E-state index is 0.115. The van der Waals surface area contributed by atoms with Crippen LogP contribution in [-0.2, 0) is 0 Å². The van der Waals surface area contributed by atoms with Crippen LogP contribution in [0.5, 0.6) is 17.2 Å². The fourth-order valence-corrected chi connectivity index (χ4v) is 3.06. The summed E-state index contributed by atoms with van der Waals surface area (Å²) in [5, 5.41) is 22.1. The molecule has 0 aliphatic heterocycles. The average Bonchev–Trinajstić information content (AvgIpc) is 2.72. The molecule has 0 atom stereocenters. The first-order valence-electron chi connectivity index (χ1n) is 8.40. The molecule has 8 nitrogen and oxygen atoms in total. The smallest absolute Gasteiger partial charge is 0.263 e. The zero-order valence-electron chi connectivity index (χ0n) is 15.3. The van der Waals surface area contributed by atoms with Crippen molar-refractivity contribution in [2.45, 2.75) is 6.92 Å². The van der Waals surface area contributed by atoms with Gasteiger partial charge in [-0.2, -0.15) is 10.2 Å². The van der Waals surface area contributed by atoms with Crippen molar-refractivity contribution in [2.24, 2.45) is 5.10 Å². The predicted octanol–water partition coefficient (Wildman–Crippen LogP) is 3.70. The van der Waals surface area contributed by atoms with Crippen molar-refractivity contribution in [3.8, 4) is 28.5 Å². The Kier molecular flexibility index (Phi) is 6.58. The van der Waals surface area contributed by atoms with Gasteiger partial charge >= 0.3 is 0 Å². The highest BCUT2D eigenvalue weighted by Gasteiger charge is 2.09. The van der Waals surface area contributed by atoms with Gasteiger partial charge < -0.3 is 14.6 Å². The van der Waals surface area contributed by atoms with Crippen molar-refractivity contribution in [3.63, 3.8) is 0 Å². The molecule has 0 spiro atoms. The van der Waals surface area contributed by atoms with Crippen LogP contribution >= 0.6 is 22.6 Å². The first-order valence-corrected chi connectivity index (χ1v) is 9.47. The number of aromatic hydroxyl groups is 1. The molecule has 0 fully saturated rings. The summed E-state index contributed by atoms with van der Waals surface area (Å²) in [6.45, 7) is 2.31. The van der Waals surface area contributed by atoms with Crippen LogP contribution in [-0.4, -0.2) is 40.2 Å². The molecule has 3 rings (SSSR count). The number of halogens is 1. The number of hydrogen-bond donors (Lipinski definition) is 2. The van der Waals surface area contributed by atoms with Crippen LogP contribution in [0, 0.1) is 3.57 Å². The largest absolute Gasteiger partial charge is 0.504 e. The lowest BCUT2D eigenvalue weighted by Gasteiger charge is -2.08. The summed E-state index contributed by atoms with van der Waals surface area (Å²) in [5.74, 6) is 1.47. The molecule has 0 aliphatic carbocycles. The second kappa shape index (κ2) is 9.31. The number of anilines is 1. The molecule has 0 amide bonds. The monoisotopic (exact) mass is 491 g/mol. The van der Waals surface area contributed by atoms with E-state index in [0.717, 1.165) is 11.1 Å². The number of nitrogens with zero attached hydrogens (tertiary/aromatic N) is 4. The lowest BCUT2D eigenvalue weighted by molar-refractivity contribution is 0.317. The number of hydrazone groups is 1. The highest BCUT2D eigenvalue weighted by atomic mass is 127. The Morgan fingerprint density at radius 3 is 2.86 bits per heavy atom. The number of phenols is 1. The van der Waals surface area contributed by atoms with Crippen LogP contribution in [0.25, 0.3) is 11.3 Å². The molecule has 0 saturated heterocycles. The molecule has 3 aromatic rings. The van der Waals surface area contributed by atoms with Crippen LogP contribution in [0.1, 0.15) is 12.5 Å². The first kappa shape index (κ1) is 19.8. The molecule has 0 bridgehead atoms. The van der Waals surface area contributed by atoms with Gasteiger partial charge in [-0.05, 0) is 59.3 Å². The van der Waals surface area contributed by atoms with Crippen LogP contribution < -0.4 is 14.9 Å². The van der Waals surface area contributed by atoms with E-state index in [1.165, 1.54) is 0 Å². The number of phenolic OH excluding ortho intramolecular Hbond substituents is 1. The maximum atomic E-state index is 10.0. The fraction of sp³-hybridized carbons (Fsp3) is 0.158. The Morgan fingerprint density at radius 2 is 2.07 bits per heavy atom. The molecule has 9 heteroatoms. The van der Waals surface area contributed by atoms with Crippen molar-refractivity contribution < 1.29 is 14.6 Å². The molecule has 0 radical (unpaired) electrons. The van der Waals surface area contributed by atoms with Gasteiger partial charge in [-0.3, -0.25) is 0 Å². The summed E-state index contributed by atoms with van der Waals surface area (Å²) in [7, 11) is 1.60. The average molecular weight is 491 g/mol. The molecule has 144 valence electrons. The minimum absolute atomic E-state index is 0.115. The minimum Gasteiger partial charge on any atom is -0.504 e. The summed E-state index contributed by atoms with van der Waals surface area (Å²) in [5.41, 5.74) is 4.94. The molecule has 0 aliphatic rings. The van der Waals surface area contributed by atoms with Gasteiger partial charge in [0.05, 0.1) is 35.4 Å². The Balaban J connectivity index is 1.78. The highest BCUT2D eigenvalue weighted by Crippen LogP contribution is 2.32. The van der Waals surface area contributed by atoms with Gasteiger partial charge in [-0.15, -0.1) is 5.10 Å². The van der Waals surface area contributed by atoms with Crippen molar-refractivity contribution >= 4 is 34.8 Å². The normalized spacial score (nSPS) is 10.8. The maximum Gasteiger partial charge on any atom is 0.263 e. The second-order valence-corrected chi connectivity index (χ2v) is 6.68. The summed E-state index contributed by atoms with van der Waals surface area (Å²) in [6.07, 6.45) is 3.15. The number of ether oxygens (including phenoxy) is 2.